The first kappa shape index (κ1) is 12.6. The van der Waals surface area contributed by atoms with Crippen LogP contribution in [0.3, 0.4) is 0 Å². The topological polar surface area (TPSA) is 80.9 Å². The molecule has 0 saturated carbocycles. The van der Waals surface area contributed by atoms with Gasteiger partial charge in [-0.15, -0.1) is 5.10 Å². The van der Waals surface area contributed by atoms with Gasteiger partial charge in [0.2, 0.25) is 5.16 Å². The number of carbonyl (C=O) groups is 1. The summed E-state index contributed by atoms with van der Waals surface area (Å²) in [4.78, 5) is 11.2. The van der Waals surface area contributed by atoms with Crippen molar-refractivity contribution in [3.05, 3.63) is 24.3 Å². The molecule has 0 amide bonds. The molecule has 0 fully saturated rings. The highest BCUT2D eigenvalue weighted by molar-refractivity contribution is 8.00. The number of benzene rings is 1. The standard InChI is InChI=1S/C11H12N4O2S/c1-7(16)8(2)18-11-12-13-14-15(11)9-3-5-10(17)6-4-9/h3-6,8,17H,1-2H3/t8-/m0/s1. The van der Waals surface area contributed by atoms with E-state index in [2.05, 4.69) is 15.5 Å². The van der Waals surface area contributed by atoms with Crippen molar-refractivity contribution >= 4 is 17.5 Å². The van der Waals surface area contributed by atoms with Gasteiger partial charge in [0.25, 0.3) is 0 Å². The molecule has 2 aromatic rings. The molecule has 1 aromatic heterocycles. The van der Waals surface area contributed by atoms with E-state index in [1.54, 1.807) is 24.3 Å². The quantitative estimate of drug-likeness (QED) is 0.841. The molecule has 1 N–H and O–H groups in total. The van der Waals surface area contributed by atoms with Crippen molar-refractivity contribution in [1.29, 1.82) is 0 Å². The van der Waals surface area contributed by atoms with E-state index in [1.165, 1.54) is 23.4 Å². The van der Waals surface area contributed by atoms with Crippen LogP contribution >= 0.6 is 11.8 Å². The molecule has 0 unspecified atom stereocenters. The number of hydrogen-bond acceptors (Lipinski definition) is 6. The molecule has 1 heterocycles. The Hall–Kier alpha value is -1.89. The SMILES string of the molecule is CC(=O)[C@H](C)Sc1nnnn1-c1ccc(O)cc1. The van der Waals surface area contributed by atoms with Crippen molar-refractivity contribution in [1.82, 2.24) is 20.2 Å². The second-order valence-corrected chi connectivity index (χ2v) is 5.07. The number of carbonyl (C=O) groups excluding carboxylic acids is 1. The number of Topliss-reactive ketones (excluding diaryl/α,β-unsaturated/α-hetero) is 1. The van der Waals surface area contributed by atoms with Crippen LogP contribution in [0.2, 0.25) is 0 Å². The lowest BCUT2D eigenvalue weighted by molar-refractivity contribution is -0.116. The van der Waals surface area contributed by atoms with Gasteiger partial charge in [0.15, 0.2) is 0 Å². The molecule has 0 bridgehead atoms. The molecule has 6 nitrogen and oxygen atoms in total. The minimum absolute atomic E-state index is 0.0697. The van der Waals surface area contributed by atoms with Gasteiger partial charge in [0.1, 0.15) is 11.5 Å². The normalized spacial score (nSPS) is 12.3. The maximum atomic E-state index is 11.2. The van der Waals surface area contributed by atoms with E-state index < -0.39 is 0 Å². The Balaban J connectivity index is 2.27. The molecule has 7 heteroatoms. The Morgan fingerprint density at radius 3 is 2.67 bits per heavy atom. The first-order chi connectivity index (χ1) is 8.58. The van der Waals surface area contributed by atoms with Crippen molar-refractivity contribution in [2.24, 2.45) is 0 Å². The Morgan fingerprint density at radius 1 is 1.39 bits per heavy atom. The zero-order valence-electron chi connectivity index (χ0n) is 9.94. The monoisotopic (exact) mass is 264 g/mol. The lowest BCUT2D eigenvalue weighted by Crippen LogP contribution is -2.10. The molecule has 0 radical (unpaired) electrons. The number of tetrazole rings is 1. The van der Waals surface area contributed by atoms with Crippen LogP contribution in [-0.2, 0) is 4.79 Å². The van der Waals surface area contributed by atoms with E-state index in [4.69, 9.17) is 0 Å². The summed E-state index contributed by atoms with van der Waals surface area (Å²) in [5.74, 6) is 0.249. The number of phenolic OH excluding ortho intramolecular Hbond substituents is 1. The van der Waals surface area contributed by atoms with Crippen LogP contribution in [0.15, 0.2) is 29.4 Å². The highest BCUT2D eigenvalue weighted by Crippen LogP contribution is 2.23. The van der Waals surface area contributed by atoms with Gasteiger partial charge in [-0.25, -0.2) is 0 Å². The average molecular weight is 264 g/mol. The number of aromatic nitrogens is 4. The van der Waals surface area contributed by atoms with Gasteiger partial charge in [0, 0.05) is 0 Å². The van der Waals surface area contributed by atoms with Gasteiger partial charge < -0.3 is 5.11 Å². The zero-order valence-corrected chi connectivity index (χ0v) is 10.8. The molecule has 0 spiro atoms. The second-order valence-electron chi connectivity index (χ2n) is 3.76. The van der Waals surface area contributed by atoms with Gasteiger partial charge in [-0.2, -0.15) is 4.68 Å². The summed E-state index contributed by atoms with van der Waals surface area (Å²) in [6, 6.07) is 6.52. The zero-order chi connectivity index (χ0) is 13.1. The Kier molecular flexibility index (Phi) is 3.61. The molecule has 0 saturated heterocycles. The highest BCUT2D eigenvalue weighted by atomic mass is 32.2. The number of aromatic hydroxyl groups is 1. The minimum Gasteiger partial charge on any atom is -0.508 e. The second kappa shape index (κ2) is 5.18. The molecular weight excluding hydrogens is 252 g/mol. The molecule has 18 heavy (non-hydrogen) atoms. The van der Waals surface area contributed by atoms with Crippen molar-refractivity contribution in [2.75, 3.05) is 0 Å². The van der Waals surface area contributed by atoms with E-state index in [-0.39, 0.29) is 16.8 Å². The Morgan fingerprint density at radius 2 is 2.06 bits per heavy atom. The average Bonchev–Trinajstić information content (AvgIpc) is 2.78. The van der Waals surface area contributed by atoms with Crippen molar-refractivity contribution in [3.8, 4) is 11.4 Å². The van der Waals surface area contributed by atoms with E-state index in [9.17, 15) is 9.90 Å². The smallest absolute Gasteiger partial charge is 0.214 e. The fourth-order valence-electron chi connectivity index (χ4n) is 1.25. The summed E-state index contributed by atoms with van der Waals surface area (Å²) < 4.78 is 1.53. The van der Waals surface area contributed by atoms with Gasteiger partial charge in [0.05, 0.1) is 10.9 Å². The molecule has 0 aliphatic carbocycles. The van der Waals surface area contributed by atoms with E-state index in [0.29, 0.717) is 5.16 Å². The number of nitrogens with zero attached hydrogens (tertiary/aromatic N) is 4. The predicted molar refractivity (Wildman–Crippen MR) is 66.8 cm³/mol. The molecule has 1 aromatic carbocycles. The fraction of sp³-hybridized carbons (Fsp3) is 0.273. The van der Waals surface area contributed by atoms with Gasteiger partial charge in [-0.1, -0.05) is 11.8 Å². The fourth-order valence-corrected chi connectivity index (χ4v) is 2.06. The van der Waals surface area contributed by atoms with Crippen LogP contribution < -0.4 is 0 Å². The van der Waals surface area contributed by atoms with E-state index in [0.717, 1.165) is 5.69 Å². The van der Waals surface area contributed by atoms with Crippen molar-refractivity contribution in [3.63, 3.8) is 0 Å². The predicted octanol–water partition coefficient (Wildman–Crippen LogP) is 1.44. The van der Waals surface area contributed by atoms with Crippen LogP contribution in [0, 0.1) is 0 Å². The summed E-state index contributed by atoms with van der Waals surface area (Å²) in [6.45, 7) is 3.34. The van der Waals surface area contributed by atoms with Crippen LogP contribution in [0.1, 0.15) is 13.8 Å². The molecule has 0 aliphatic heterocycles. The number of ketones is 1. The number of phenols is 1. The lowest BCUT2D eigenvalue weighted by atomic mass is 10.3. The van der Waals surface area contributed by atoms with Gasteiger partial charge >= 0.3 is 0 Å². The van der Waals surface area contributed by atoms with Crippen LogP contribution in [0.25, 0.3) is 5.69 Å². The van der Waals surface area contributed by atoms with Crippen LogP contribution in [0.5, 0.6) is 5.75 Å². The molecule has 1 atom stereocenters. The number of rotatable bonds is 4. The Labute approximate surface area is 108 Å². The molecule has 94 valence electrons. The third kappa shape index (κ3) is 2.67. The van der Waals surface area contributed by atoms with Crippen LogP contribution in [0.4, 0.5) is 0 Å². The summed E-state index contributed by atoms with van der Waals surface area (Å²) in [5, 5.41) is 20.9. The van der Waals surface area contributed by atoms with Gasteiger partial charge in [-0.05, 0) is 48.5 Å². The molecule has 0 aliphatic rings. The number of thioether (sulfide) groups is 1. The largest absolute Gasteiger partial charge is 0.508 e. The molecule has 2 rings (SSSR count). The van der Waals surface area contributed by atoms with Crippen molar-refractivity contribution in [2.45, 2.75) is 24.3 Å². The van der Waals surface area contributed by atoms with E-state index in [1.807, 2.05) is 6.92 Å². The summed E-state index contributed by atoms with van der Waals surface area (Å²) in [7, 11) is 0. The third-order valence-electron chi connectivity index (χ3n) is 2.39. The Bertz CT molecular complexity index is 552. The third-order valence-corrected chi connectivity index (χ3v) is 3.54. The highest BCUT2D eigenvalue weighted by Gasteiger charge is 2.15. The number of hydrogen-bond donors (Lipinski definition) is 1. The summed E-state index contributed by atoms with van der Waals surface area (Å²) in [6.07, 6.45) is 0. The van der Waals surface area contributed by atoms with E-state index >= 15 is 0 Å². The molecular formula is C11H12N4O2S. The first-order valence-corrected chi connectivity index (χ1v) is 6.21. The minimum atomic E-state index is -0.202. The summed E-state index contributed by atoms with van der Waals surface area (Å²) in [5.41, 5.74) is 0.732. The van der Waals surface area contributed by atoms with Crippen LogP contribution in [-0.4, -0.2) is 36.3 Å². The maximum absolute atomic E-state index is 11.2. The van der Waals surface area contributed by atoms with Gasteiger partial charge in [-0.3, -0.25) is 4.79 Å². The van der Waals surface area contributed by atoms with Crippen molar-refractivity contribution < 1.29 is 9.90 Å². The summed E-state index contributed by atoms with van der Waals surface area (Å²) >= 11 is 1.30. The lowest BCUT2D eigenvalue weighted by Gasteiger charge is -2.07. The maximum Gasteiger partial charge on any atom is 0.214 e. The first-order valence-electron chi connectivity index (χ1n) is 5.33.